The van der Waals surface area contributed by atoms with Gasteiger partial charge in [-0.25, -0.2) is 4.98 Å². The summed E-state index contributed by atoms with van der Waals surface area (Å²) in [7, 11) is 0. The number of rotatable bonds is 5. The number of anilines is 2. The zero-order valence-corrected chi connectivity index (χ0v) is 15.8. The van der Waals surface area contributed by atoms with Gasteiger partial charge in [-0.3, -0.25) is 4.57 Å². The van der Waals surface area contributed by atoms with E-state index in [1.165, 1.54) is 38.3 Å². The van der Waals surface area contributed by atoms with Crippen molar-refractivity contribution in [3.8, 4) is 6.01 Å². The van der Waals surface area contributed by atoms with Crippen LogP contribution in [-0.4, -0.2) is 50.7 Å². The van der Waals surface area contributed by atoms with E-state index in [-0.39, 0.29) is 5.82 Å². The molecule has 28 heavy (non-hydrogen) atoms. The number of nitrogens with one attached hydrogen (secondary N) is 1. The lowest BCUT2D eigenvalue weighted by Gasteiger charge is -2.26. The molecule has 0 atom stereocenters. The molecule has 150 valence electrons. The second kappa shape index (κ2) is 8.41. The number of hydrogen-bond acceptors (Lipinski definition) is 8. The molecule has 1 aliphatic heterocycles. The van der Waals surface area contributed by atoms with Crippen LogP contribution >= 0.6 is 0 Å². The molecule has 0 radical (unpaired) electrons. The van der Waals surface area contributed by atoms with Crippen molar-refractivity contribution < 1.29 is 9.66 Å². The van der Waals surface area contributed by atoms with Gasteiger partial charge in [-0.2, -0.15) is 4.98 Å². The summed E-state index contributed by atoms with van der Waals surface area (Å²) in [5, 5.41) is 14.3. The number of nitro groups is 1. The van der Waals surface area contributed by atoms with Crippen molar-refractivity contribution in [2.24, 2.45) is 5.92 Å². The van der Waals surface area contributed by atoms with E-state index in [9.17, 15) is 10.1 Å². The number of nitrogens with zero attached hydrogens (tertiary/aromatic N) is 6. The predicted molar refractivity (Wildman–Crippen MR) is 104 cm³/mol. The van der Waals surface area contributed by atoms with Gasteiger partial charge in [0.2, 0.25) is 5.95 Å². The minimum atomic E-state index is -0.506. The molecule has 1 saturated carbocycles. The third-order valence-corrected chi connectivity index (χ3v) is 5.36. The van der Waals surface area contributed by atoms with E-state index in [1.807, 2.05) is 6.07 Å². The van der Waals surface area contributed by atoms with Crippen LogP contribution in [0.3, 0.4) is 0 Å². The first-order valence-corrected chi connectivity index (χ1v) is 9.85. The Bertz CT molecular complexity index is 819. The van der Waals surface area contributed by atoms with Gasteiger partial charge < -0.3 is 25.1 Å². The Morgan fingerprint density at radius 1 is 1.21 bits per heavy atom. The molecule has 2 aromatic heterocycles. The fourth-order valence-corrected chi connectivity index (χ4v) is 3.80. The average Bonchev–Trinajstić information content (AvgIpc) is 3.10. The lowest BCUT2D eigenvalue weighted by Crippen LogP contribution is -2.34. The van der Waals surface area contributed by atoms with Gasteiger partial charge in [-0.05, 0) is 29.7 Å². The van der Waals surface area contributed by atoms with Crippen LogP contribution < -0.4 is 15.0 Å². The highest BCUT2D eigenvalue weighted by atomic mass is 16.6. The normalized spacial score (nSPS) is 17.9. The maximum Gasteiger partial charge on any atom is 0.414 e. The van der Waals surface area contributed by atoms with Crippen LogP contribution in [0.1, 0.15) is 32.1 Å². The Kier molecular flexibility index (Phi) is 5.54. The third kappa shape index (κ3) is 4.32. The van der Waals surface area contributed by atoms with Crippen LogP contribution in [0.15, 0.2) is 18.5 Å². The van der Waals surface area contributed by atoms with E-state index in [1.54, 1.807) is 10.8 Å². The topological polar surface area (TPSA) is 111 Å². The standard InChI is InChI=1S/C18H25N7O3/c26-25(27)16-13-24-9-8-23(10-11-28-18(24)22-16)15-6-7-19-17(21-15)20-12-14-4-2-1-3-5-14/h6-7,13-14H,1-5,8-12H2,(H,19,20,21). The van der Waals surface area contributed by atoms with Crippen molar-refractivity contribution in [2.45, 2.75) is 38.6 Å². The monoisotopic (exact) mass is 387 g/mol. The number of aromatic nitrogens is 4. The number of fused-ring (bicyclic) bond motifs is 1. The molecule has 10 nitrogen and oxygen atoms in total. The average molecular weight is 387 g/mol. The third-order valence-electron chi connectivity index (χ3n) is 5.36. The van der Waals surface area contributed by atoms with Crippen molar-refractivity contribution in [1.29, 1.82) is 0 Å². The summed E-state index contributed by atoms with van der Waals surface area (Å²) < 4.78 is 7.29. The summed E-state index contributed by atoms with van der Waals surface area (Å²) in [5.41, 5.74) is 0. The van der Waals surface area contributed by atoms with Gasteiger partial charge in [0, 0.05) is 30.8 Å². The molecule has 4 rings (SSSR count). The molecule has 1 N–H and O–H groups in total. The first-order valence-electron chi connectivity index (χ1n) is 9.85. The molecule has 2 aliphatic rings. The smallest absolute Gasteiger partial charge is 0.414 e. The maximum atomic E-state index is 10.9. The molecule has 2 aromatic rings. The van der Waals surface area contributed by atoms with Crippen molar-refractivity contribution in [3.63, 3.8) is 0 Å². The van der Waals surface area contributed by atoms with Crippen LogP contribution in [0.25, 0.3) is 0 Å². The van der Waals surface area contributed by atoms with Crippen molar-refractivity contribution >= 4 is 17.6 Å². The fraction of sp³-hybridized carbons (Fsp3) is 0.611. The van der Waals surface area contributed by atoms with Crippen LogP contribution in [0, 0.1) is 16.0 Å². The molecular formula is C18H25N7O3. The molecule has 1 aliphatic carbocycles. The molecule has 1 fully saturated rings. The lowest BCUT2D eigenvalue weighted by molar-refractivity contribution is -0.389. The Balaban J connectivity index is 1.40. The second-order valence-corrected chi connectivity index (χ2v) is 7.29. The number of hydrogen-bond donors (Lipinski definition) is 1. The molecular weight excluding hydrogens is 362 g/mol. The summed E-state index contributed by atoms with van der Waals surface area (Å²) in [4.78, 5) is 25.4. The van der Waals surface area contributed by atoms with E-state index in [0.717, 1.165) is 12.4 Å². The van der Waals surface area contributed by atoms with Crippen LogP contribution in [0.2, 0.25) is 0 Å². The van der Waals surface area contributed by atoms with Crippen LogP contribution in [0.4, 0.5) is 17.6 Å². The summed E-state index contributed by atoms with van der Waals surface area (Å²) in [5.74, 6) is 1.97. The van der Waals surface area contributed by atoms with Crippen molar-refractivity contribution in [2.75, 3.05) is 36.5 Å². The van der Waals surface area contributed by atoms with Crippen LogP contribution in [-0.2, 0) is 6.54 Å². The SMILES string of the molecule is O=[N+]([O-])c1cn2c(n1)OCCN(c1ccnc(NCC3CCCCC3)n1)CC2. The van der Waals surface area contributed by atoms with E-state index < -0.39 is 4.92 Å². The zero-order valence-electron chi connectivity index (χ0n) is 15.8. The highest BCUT2D eigenvalue weighted by Gasteiger charge is 2.23. The van der Waals surface area contributed by atoms with E-state index in [0.29, 0.717) is 44.1 Å². The summed E-state index contributed by atoms with van der Waals surface area (Å²) >= 11 is 0. The van der Waals surface area contributed by atoms with Crippen LogP contribution in [0.5, 0.6) is 6.01 Å². The molecule has 0 aromatic carbocycles. The first kappa shape index (κ1) is 18.5. The van der Waals surface area contributed by atoms with Gasteiger partial charge in [0.15, 0.2) is 0 Å². The maximum absolute atomic E-state index is 10.9. The van der Waals surface area contributed by atoms with Crippen molar-refractivity contribution in [3.05, 3.63) is 28.6 Å². The van der Waals surface area contributed by atoms with Gasteiger partial charge in [0.25, 0.3) is 0 Å². The minimum Gasteiger partial charge on any atom is -0.444 e. The largest absolute Gasteiger partial charge is 0.444 e. The lowest BCUT2D eigenvalue weighted by atomic mass is 9.89. The molecule has 0 bridgehead atoms. The summed E-state index contributed by atoms with van der Waals surface area (Å²) in [6, 6.07) is 2.17. The Morgan fingerprint density at radius 3 is 2.89 bits per heavy atom. The molecule has 0 spiro atoms. The zero-order chi connectivity index (χ0) is 19.3. The highest BCUT2D eigenvalue weighted by Crippen LogP contribution is 2.24. The van der Waals surface area contributed by atoms with Gasteiger partial charge in [0.05, 0.1) is 6.54 Å². The van der Waals surface area contributed by atoms with Gasteiger partial charge in [-0.1, -0.05) is 19.3 Å². The van der Waals surface area contributed by atoms with Gasteiger partial charge in [0.1, 0.15) is 18.6 Å². The Morgan fingerprint density at radius 2 is 2.07 bits per heavy atom. The molecule has 3 heterocycles. The Labute approximate surface area is 163 Å². The van der Waals surface area contributed by atoms with Gasteiger partial charge in [-0.15, -0.1) is 0 Å². The van der Waals surface area contributed by atoms with E-state index in [4.69, 9.17) is 4.74 Å². The van der Waals surface area contributed by atoms with E-state index in [2.05, 4.69) is 25.2 Å². The van der Waals surface area contributed by atoms with E-state index >= 15 is 0 Å². The Hall–Kier alpha value is -2.91. The quantitative estimate of drug-likeness (QED) is 0.615. The molecule has 0 saturated heterocycles. The summed E-state index contributed by atoms with van der Waals surface area (Å²) in [6.45, 7) is 3.10. The predicted octanol–water partition coefficient (Wildman–Crippen LogP) is 2.47. The molecule has 0 amide bonds. The number of imidazole rings is 1. The minimum absolute atomic E-state index is 0.195. The second-order valence-electron chi connectivity index (χ2n) is 7.29. The highest BCUT2D eigenvalue weighted by molar-refractivity contribution is 5.42. The molecule has 10 heteroatoms. The number of ether oxygens (including phenoxy) is 1. The molecule has 0 unspecified atom stereocenters. The van der Waals surface area contributed by atoms with Crippen molar-refractivity contribution in [1.82, 2.24) is 19.5 Å². The van der Waals surface area contributed by atoms with Gasteiger partial charge >= 0.3 is 11.8 Å². The fourth-order valence-electron chi connectivity index (χ4n) is 3.80. The first-order chi connectivity index (χ1) is 13.7. The summed E-state index contributed by atoms with van der Waals surface area (Å²) in [6.07, 6.45) is 9.70.